The lowest BCUT2D eigenvalue weighted by Gasteiger charge is -2.22. The lowest BCUT2D eigenvalue weighted by molar-refractivity contribution is -0.136. The maximum Gasteiger partial charge on any atom is 0.304 e. The highest BCUT2D eigenvalue weighted by atomic mass is 32.2. The summed E-state index contributed by atoms with van der Waals surface area (Å²) in [6, 6.07) is 0. The molecule has 0 saturated carbocycles. The van der Waals surface area contributed by atoms with Crippen LogP contribution in [0, 0.1) is 0 Å². The van der Waals surface area contributed by atoms with Crippen LogP contribution in [0.2, 0.25) is 0 Å². The van der Waals surface area contributed by atoms with E-state index in [1.54, 1.807) is 0 Å². The molecule has 0 aromatic rings. The molecule has 1 aliphatic rings. The normalized spacial score (nSPS) is 17.5. The van der Waals surface area contributed by atoms with E-state index >= 15 is 0 Å². The average molecular weight is 294 g/mol. The molecule has 1 saturated heterocycles. The summed E-state index contributed by atoms with van der Waals surface area (Å²) in [5.41, 5.74) is 0. The van der Waals surface area contributed by atoms with Gasteiger partial charge in [-0.1, -0.05) is 0 Å². The van der Waals surface area contributed by atoms with E-state index in [1.807, 2.05) is 0 Å². The monoisotopic (exact) mass is 294 g/mol. The minimum absolute atomic E-state index is 0.268. The standard InChI is InChI=1S/C11H22N2O5S/c14-11(15)4-9-19(16,17)13-5-1-8-18-10-2-6-12-7-3-10/h10,12-13H,1-9H2,(H,14,15). The Bertz CT molecular complexity index is 365. The van der Waals surface area contributed by atoms with Crippen molar-refractivity contribution in [1.82, 2.24) is 10.0 Å². The van der Waals surface area contributed by atoms with Crippen LogP contribution in [-0.4, -0.2) is 57.6 Å². The first-order chi connectivity index (χ1) is 8.99. The fourth-order valence-electron chi connectivity index (χ4n) is 1.81. The molecular weight excluding hydrogens is 272 g/mol. The summed E-state index contributed by atoms with van der Waals surface area (Å²) >= 11 is 0. The molecule has 1 heterocycles. The first kappa shape index (κ1) is 16.4. The van der Waals surface area contributed by atoms with Crippen LogP contribution in [0.25, 0.3) is 0 Å². The van der Waals surface area contributed by atoms with Gasteiger partial charge in [-0.3, -0.25) is 4.79 Å². The molecular formula is C11H22N2O5S. The molecule has 0 radical (unpaired) electrons. The molecule has 0 amide bonds. The number of ether oxygens (including phenoxy) is 1. The topological polar surface area (TPSA) is 105 Å². The predicted octanol–water partition coefficient (Wildman–Crippen LogP) is -0.461. The van der Waals surface area contributed by atoms with Crippen molar-refractivity contribution in [3.05, 3.63) is 0 Å². The van der Waals surface area contributed by atoms with Crippen molar-refractivity contribution in [3.8, 4) is 0 Å². The molecule has 112 valence electrons. The van der Waals surface area contributed by atoms with E-state index in [4.69, 9.17) is 9.84 Å². The van der Waals surface area contributed by atoms with E-state index in [0.717, 1.165) is 25.9 Å². The lowest BCUT2D eigenvalue weighted by atomic mass is 10.1. The SMILES string of the molecule is O=C(O)CCS(=O)(=O)NCCCOC1CCNCC1. The summed E-state index contributed by atoms with van der Waals surface area (Å²) in [6.07, 6.45) is 2.47. The van der Waals surface area contributed by atoms with Gasteiger partial charge in [0.25, 0.3) is 0 Å². The Morgan fingerprint density at radius 3 is 2.68 bits per heavy atom. The van der Waals surface area contributed by atoms with Gasteiger partial charge >= 0.3 is 5.97 Å². The fourth-order valence-corrected chi connectivity index (χ4v) is 2.85. The highest BCUT2D eigenvalue weighted by Crippen LogP contribution is 2.07. The number of aliphatic carboxylic acids is 1. The van der Waals surface area contributed by atoms with Crippen LogP contribution in [-0.2, 0) is 19.6 Å². The van der Waals surface area contributed by atoms with E-state index in [1.165, 1.54) is 0 Å². The van der Waals surface area contributed by atoms with Gasteiger partial charge in [0.1, 0.15) is 0 Å². The van der Waals surface area contributed by atoms with Crippen LogP contribution in [0.4, 0.5) is 0 Å². The Labute approximate surface area is 113 Å². The first-order valence-corrected chi connectivity index (χ1v) is 8.16. The molecule has 0 spiro atoms. The molecule has 7 nitrogen and oxygen atoms in total. The van der Waals surface area contributed by atoms with Crippen LogP contribution in [0.3, 0.4) is 0 Å². The highest BCUT2D eigenvalue weighted by molar-refractivity contribution is 7.89. The van der Waals surface area contributed by atoms with Crippen LogP contribution >= 0.6 is 0 Å². The second kappa shape index (κ2) is 8.47. The van der Waals surface area contributed by atoms with Gasteiger partial charge in [-0.05, 0) is 32.4 Å². The fraction of sp³-hybridized carbons (Fsp3) is 0.909. The molecule has 0 aliphatic carbocycles. The first-order valence-electron chi connectivity index (χ1n) is 6.51. The third-order valence-corrected chi connectivity index (χ3v) is 4.25. The maximum atomic E-state index is 11.4. The molecule has 1 rings (SSSR count). The quantitative estimate of drug-likeness (QED) is 0.497. The molecule has 19 heavy (non-hydrogen) atoms. The number of rotatable bonds is 9. The van der Waals surface area contributed by atoms with Gasteiger partial charge in [0.05, 0.1) is 18.3 Å². The van der Waals surface area contributed by atoms with Gasteiger partial charge in [0.15, 0.2) is 0 Å². The predicted molar refractivity (Wildman–Crippen MR) is 70.5 cm³/mol. The number of nitrogens with one attached hydrogen (secondary N) is 2. The van der Waals surface area contributed by atoms with E-state index in [2.05, 4.69) is 10.0 Å². The molecule has 0 bridgehead atoms. The summed E-state index contributed by atoms with van der Waals surface area (Å²) in [5.74, 6) is -1.49. The Morgan fingerprint density at radius 2 is 2.05 bits per heavy atom. The Hall–Kier alpha value is -0.700. The molecule has 1 aliphatic heterocycles. The van der Waals surface area contributed by atoms with Crippen molar-refractivity contribution in [2.75, 3.05) is 32.0 Å². The number of piperidine rings is 1. The summed E-state index contributed by atoms with van der Waals surface area (Å²) in [7, 11) is -3.48. The van der Waals surface area contributed by atoms with Crippen molar-refractivity contribution in [3.63, 3.8) is 0 Å². The van der Waals surface area contributed by atoms with E-state index in [0.29, 0.717) is 13.0 Å². The van der Waals surface area contributed by atoms with E-state index in [-0.39, 0.29) is 24.8 Å². The summed E-state index contributed by atoms with van der Waals surface area (Å²) in [5, 5.41) is 11.7. The second-order valence-corrected chi connectivity index (χ2v) is 6.46. The van der Waals surface area contributed by atoms with Crippen LogP contribution in [0.15, 0.2) is 0 Å². The number of sulfonamides is 1. The van der Waals surface area contributed by atoms with Gasteiger partial charge in [-0.15, -0.1) is 0 Å². The largest absolute Gasteiger partial charge is 0.481 e. The maximum absolute atomic E-state index is 11.4. The van der Waals surface area contributed by atoms with Crippen LogP contribution < -0.4 is 10.0 Å². The zero-order valence-electron chi connectivity index (χ0n) is 10.9. The number of hydrogen-bond donors (Lipinski definition) is 3. The number of carboxylic acids is 1. The van der Waals surface area contributed by atoms with Crippen LogP contribution in [0.5, 0.6) is 0 Å². The molecule has 0 unspecified atom stereocenters. The number of carbonyl (C=O) groups is 1. The molecule has 3 N–H and O–H groups in total. The molecule has 0 aromatic carbocycles. The van der Waals surface area contributed by atoms with Gasteiger partial charge in [-0.2, -0.15) is 0 Å². The lowest BCUT2D eigenvalue weighted by Crippen LogP contribution is -2.33. The van der Waals surface area contributed by atoms with Gasteiger partial charge in [0.2, 0.25) is 10.0 Å². The number of carboxylic acid groups (broad SMARTS) is 1. The average Bonchev–Trinajstić information content (AvgIpc) is 2.37. The van der Waals surface area contributed by atoms with Crippen molar-refractivity contribution in [1.29, 1.82) is 0 Å². The minimum atomic E-state index is -3.48. The van der Waals surface area contributed by atoms with Crippen molar-refractivity contribution >= 4 is 16.0 Å². The van der Waals surface area contributed by atoms with Gasteiger partial charge in [-0.25, -0.2) is 13.1 Å². The summed E-state index contributed by atoms with van der Waals surface area (Å²) in [6.45, 7) is 2.73. The second-order valence-electron chi connectivity index (χ2n) is 4.53. The van der Waals surface area contributed by atoms with E-state index < -0.39 is 16.0 Å². The molecule has 0 atom stereocenters. The minimum Gasteiger partial charge on any atom is -0.481 e. The van der Waals surface area contributed by atoms with Crippen molar-refractivity contribution in [2.24, 2.45) is 0 Å². The van der Waals surface area contributed by atoms with Crippen LogP contribution in [0.1, 0.15) is 25.7 Å². The smallest absolute Gasteiger partial charge is 0.304 e. The third kappa shape index (κ3) is 8.14. The molecule has 0 aromatic heterocycles. The number of hydrogen-bond acceptors (Lipinski definition) is 5. The molecule has 8 heteroatoms. The zero-order chi connectivity index (χ0) is 14.1. The van der Waals surface area contributed by atoms with Crippen molar-refractivity contribution < 1.29 is 23.1 Å². The zero-order valence-corrected chi connectivity index (χ0v) is 11.7. The Kier molecular flexibility index (Phi) is 7.29. The molecule has 1 fully saturated rings. The van der Waals surface area contributed by atoms with E-state index in [9.17, 15) is 13.2 Å². The van der Waals surface area contributed by atoms with Crippen molar-refractivity contribution in [2.45, 2.75) is 31.8 Å². The third-order valence-electron chi connectivity index (χ3n) is 2.87. The van der Waals surface area contributed by atoms with Gasteiger partial charge in [0, 0.05) is 13.2 Å². The Morgan fingerprint density at radius 1 is 1.37 bits per heavy atom. The summed E-state index contributed by atoms with van der Waals surface area (Å²) in [4.78, 5) is 10.3. The van der Waals surface area contributed by atoms with Gasteiger partial charge < -0.3 is 15.2 Å². The Balaban J connectivity index is 2.04. The summed E-state index contributed by atoms with van der Waals surface area (Å²) < 4.78 is 30.7. The highest BCUT2D eigenvalue weighted by Gasteiger charge is 2.14.